The number of nitrogens with one attached hydrogen (secondary N) is 1. The monoisotopic (exact) mass is 356 g/mol. The molecule has 0 radical (unpaired) electrons. The number of halogens is 1. The Kier molecular flexibility index (Phi) is 5.49. The fourth-order valence-corrected chi connectivity index (χ4v) is 3.85. The molecular formula is C16H29BrN4. The maximum Gasteiger partial charge on any atom is 0.0739 e. The summed E-state index contributed by atoms with van der Waals surface area (Å²) in [6.07, 6.45) is 3.55. The fourth-order valence-electron chi connectivity index (χ4n) is 3.39. The lowest BCUT2D eigenvalue weighted by atomic mass is 9.88. The molecule has 1 atom stereocenters. The summed E-state index contributed by atoms with van der Waals surface area (Å²) in [5.41, 5.74) is 2.63. The number of piperazine rings is 1. The van der Waals surface area contributed by atoms with Crippen LogP contribution in [0.5, 0.6) is 0 Å². The van der Waals surface area contributed by atoms with E-state index in [1.165, 1.54) is 25.0 Å². The Morgan fingerprint density at radius 1 is 1.33 bits per heavy atom. The minimum absolute atomic E-state index is 0.270. The first-order valence-electron chi connectivity index (χ1n) is 8.13. The maximum atomic E-state index is 4.53. The molecule has 0 saturated carbocycles. The van der Waals surface area contributed by atoms with E-state index in [2.05, 4.69) is 58.9 Å². The van der Waals surface area contributed by atoms with Crippen LogP contribution in [0, 0.1) is 6.92 Å². The molecule has 0 amide bonds. The van der Waals surface area contributed by atoms with Crippen molar-refractivity contribution in [3.05, 3.63) is 15.9 Å². The van der Waals surface area contributed by atoms with Crippen LogP contribution in [0.4, 0.5) is 0 Å². The Morgan fingerprint density at radius 2 is 2.00 bits per heavy atom. The van der Waals surface area contributed by atoms with Gasteiger partial charge in [-0.3, -0.25) is 9.58 Å². The molecule has 1 aromatic heterocycles. The Hall–Kier alpha value is -0.390. The van der Waals surface area contributed by atoms with Crippen LogP contribution in [0.1, 0.15) is 51.4 Å². The first-order chi connectivity index (χ1) is 9.96. The molecule has 1 N–H and O–H groups in total. The molecule has 0 bridgehead atoms. The highest BCUT2D eigenvalue weighted by atomic mass is 79.9. The molecular weight excluding hydrogens is 328 g/mol. The topological polar surface area (TPSA) is 33.1 Å². The van der Waals surface area contributed by atoms with Crippen molar-refractivity contribution in [1.29, 1.82) is 0 Å². The third kappa shape index (κ3) is 3.35. The molecule has 120 valence electrons. The number of hydrogen-bond acceptors (Lipinski definition) is 3. The summed E-state index contributed by atoms with van der Waals surface area (Å²) in [4.78, 5) is 2.64. The molecule has 5 heteroatoms. The highest BCUT2D eigenvalue weighted by Crippen LogP contribution is 2.28. The summed E-state index contributed by atoms with van der Waals surface area (Å²) in [5, 5.41) is 8.34. The van der Waals surface area contributed by atoms with Crippen LogP contribution >= 0.6 is 15.9 Å². The third-order valence-corrected chi connectivity index (χ3v) is 6.21. The van der Waals surface area contributed by atoms with Crippen LogP contribution in [-0.2, 0) is 13.6 Å². The predicted molar refractivity (Wildman–Crippen MR) is 91.4 cm³/mol. The van der Waals surface area contributed by atoms with Crippen LogP contribution in [0.25, 0.3) is 0 Å². The molecule has 1 aliphatic heterocycles. The largest absolute Gasteiger partial charge is 0.308 e. The molecule has 1 unspecified atom stereocenters. The lowest BCUT2D eigenvalue weighted by Gasteiger charge is -2.47. The van der Waals surface area contributed by atoms with Crippen molar-refractivity contribution < 1.29 is 0 Å². The quantitative estimate of drug-likeness (QED) is 0.878. The Labute approximate surface area is 137 Å². The van der Waals surface area contributed by atoms with E-state index >= 15 is 0 Å². The zero-order valence-corrected chi connectivity index (χ0v) is 15.6. The first-order valence-corrected chi connectivity index (χ1v) is 8.92. The molecule has 0 aromatic carbocycles. The molecule has 2 rings (SSSR count). The van der Waals surface area contributed by atoms with Crippen LogP contribution in [0.15, 0.2) is 4.47 Å². The van der Waals surface area contributed by atoms with Gasteiger partial charge in [-0.05, 0) is 42.1 Å². The summed E-state index contributed by atoms with van der Waals surface area (Å²) in [5.74, 6) is 0. The molecule has 1 aromatic rings. The Bertz CT molecular complexity index is 479. The van der Waals surface area contributed by atoms with E-state index < -0.39 is 0 Å². The van der Waals surface area contributed by atoms with Gasteiger partial charge >= 0.3 is 0 Å². The summed E-state index contributed by atoms with van der Waals surface area (Å²) in [7, 11) is 2.04. The second kappa shape index (κ2) is 6.80. The van der Waals surface area contributed by atoms with Crippen LogP contribution in [0.2, 0.25) is 0 Å². The number of hydrogen-bond donors (Lipinski definition) is 1. The zero-order valence-electron chi connectivity index (χ0n) is 14.0. The SMILES string of the molecule is CCC1CNC(CC)(CC)CN1Cc1c(Br)c(C)nn1C. The number of nitrogens with zero attached hydrogens (tertiary/aromatic N) is 3. The predicted octanol–water partition coefficient (Wildman–Crippen LogP) is 3.23. The Balaban J connectivity index is 2.21. The normalized spacial score (nSPS) is 22.7. The van der Waals surface area contributed by atoms with Crippen LogP contribution in [0.3, 0.4) is 0 Å². The highest BCUT2D eigenvalue weighted by Gasteiger charge is 2.36. The van der Waals surface area contributed by atoms with Gasteiger partial charge in [0.05, 0.1) is 15.9 Å². The average Bonchev–Trinajstić information content (AvgIpc) is 2.73. The molecule has 1 fully saturated rings. The average molecular weight is 357 g/mol. The van der Waals surface area contributed by atoms with Crippen molar-refractivity contribution in [3.63, 3.8) is 0 Å². The summed E-state index contributed by atoms with van der Waals surface area (Å²) >= 11 is 3.71. The number of aryl methyl sites for hydroxylation is 2. The van der Waals surface area contributed by atoms with Crippen molar-refractivity contribution in [1.82, 2.24) is 20.0 Å². The molecule has 2 heterocycles. The van der Waals surface area contributed by atoms with E-state index in [1.807, 2.05) is 11.7 Å². The number of aromatic nitrogens is 2. The van der Waals surface area contributed by atoms with E-state index in [-0.39, 0.29) is 5.54 Å². The smallest absolute Gasteiger partial charge is 0.0739 e. The molecule has 4 nitrogen and oxygen atoms in total. The van der Waals surface area contributed by atoms with Crippen LogP contribution < -0.4 is 5.32 Å². The van der Waals surface area contributed by atoms with E-state index in [4.69, 9.17) is 0 Å². The fraction of sp³-hybridized carbons (Fsp3) is 0.812. The van der Waals surface area contributed by atoms with E-state index in [9.17, 15) is 0 Å². The summed E-state index contributed by atoms with van der Waals surface area (Å²) in [6.45, 7) is 12.1. The van der Waals surface area contributed by atoms with Gasteiger partial charge in [0.15, 0.2) is 0 Å². The van der Waals surface area contributed by atoms with Gasteiger partial charge in [0, 0.05) is 38.3 Å². The lowest BCUT2D eigenvalue weighted by Crippen LogP contribution is -2.63. The lowest BCUT2D eigenvalue weighted by molar-refractivity contribution is 0.0622. The second-order valence-corrected chi connectivity index (χ2v) is 7.10. The van der Waals surface area contributed by atoms with Crippen LogP contribution in [-0.4, -0.2) is 39.4 Å². The van der Waals surface area contributed by atoms with E-state index in [1.54, 1.807) is 0 Å². The van der Waals surface area contributed by atoms with Crippen molar-refractivity contribution in [2.24, 2.45) is 7.05 Å². The molecule has 0 aliphatic carbocycles. The van der Waals surface area contributed by atoms with Gasteiger partial charge in [-0.25, -0.2) is 0 Å². The van der Waals surface area contributed by atoms with Gasteiger partial charge in [-0.1, -0.05) is 20.8 Å². The van der Waals surface area contributed by atoms with Gasteiger partial charge < -0.3 is 5.32 Å². The minimum atomic E-state index is 0.270. The van der Waals surface area contributed by atoms with E-state index in [0.717, 1.165) is 29.8 Å². The first kappa shape index (κ1) is 17.0. The van der Waals surface area contributed by atoms with Gasteiger partial charge in [-0.15, -0.1) is 0 Å². The van der Waals surface area contributed by atoms with Gasteiger partial charge in [0.1, 0.15) is 0 Å². The molecule has 1 saturated heterocycles. The highest BCUT2D eigenvalue weighted by molar-refractivity contribution is 9.10. The number of rotatable bonds is 5. The van der Waals surface area contributed by atoms with Crippen molar-refractivity contribution >= 4 is 15.9 Å². The van der Waals surface area contributed by atoms with Gasteiger partial charge in [-0.2, -0.15) is 5.10 Å². The van der Waals surface area contributed by atoms with Crippen molar-refractivity contribution in [2.75, 3.05) is 13.1 Å². The minimum Gasteiger partial charge on any atom is -0.308 e. The second-order valence-electron chi connectivity index (χ2n) is 6.31. The maximum absolute atomic E-state index is 4.53. The molecule has 21 heavy (non-hydrogen) atoms. The van der Waals surface area contributed by atoms with E-state index in [0.29, 0.717) is 6.04 Å². The van der Waals surface area contributed by atoms with Gasteiger partial charge in [0.25, 0.3) is 0 Å². The summed E-state index contributed by atoms with van der Waals surface area (Å²) in [6, 6.07) is 0.610. The van der Waals surface area contributed by atoms with Crippen molar-refractivity contribution in [3.8, 4) is 0 Å². The Morgan fingerprint density at radius 3 is 2.48 bits per heavy atom. The zero-order chi connectivity index (χ0) is 15.6. The van der Waals surface area contributed by atoms with Gasteiger partial charge in [0.2, 0.25) is 0 Å². The standard InChI is InChI=1S/C16H29BrN4/c1-6-13-9-18-16(7-2,8-3)11-21(13)10-14-15(17)12(4)19-20(14)5/h13,18H,6-11H2,1-5H3. The molecule has 0 spiro atoms. The third-order valence-electron chi connectivity index (χ3n) is 5.17. The molecule has 1 aliphatic rings. The van der Waals surface area contributed by atoms with Crippen molar-refractivity contribution in [2.45, 2.75) is 65.1 Å². The summed E-state index contributed by atoms with van der Waals surface area (Å²) < 4.78 is 3.19.